The van der Waals surface area contributed by atoms with Crippen molar-refractivity contribution in [3.8, 4) is 5.69 Å². The van der Waals surface area contributed by atoms with Crippen LogP contribution in [0.5, 0.6) is 0 Å². The van der Waals surface area contributed by atoms with E-state index in [0.717, 1.165) is 22.6 Å². The lowest BCUT2D eigenvalue weighted by atomic mass is 10.1. The van der Waals surface area contributed by atoms with Gasteiger partial charge in [-0.2, -0.15) is 5.10 Å². The first-order valence-corrected chi connectivity index (χ1v) is 9.06. The van der Waals surface area contributed by atoms with Gasteiger partial charge in [-0.3, -0.25) is 4.79 Å². The van der Waals surface area contributed by atoms with Crippen LogP contribution in [0.3, 0.4) is 0 Å². The highest BCUT2D eigenvalue weighted by Crippen LogP contribution is 2.21. The van der Waals surface area contributed by atoms with Crippen molar-refractivity contribution in [3.63, 3.8) is 0 Å². The Morgan fingerprint density at radius 3 is 2.26 bits per heavy atom. The number of amides is 1. The predicted molar refractivity (Wildman–Crippen MR) is 110 cm³/mol. The van der Waals surface area contributed by atoms with Crippen LogP contribution in [0.15, 0.2) is 54.7 Å². The minimum absolute atomic E-state index is 0.0877. The zero-order chi connectivity index (χ0) is 19.6. The molecule has 0 aliphatic heterocycles. The number of anilines is 1. The van der Waals surface area contributed by atoms with E-state index in [1.54, 1.807) is 0 Å². The van der Waals surface area contributed by atoms with Gasteiger partial charge in [0, 0.05) is 36.6 Å². The maximum Gasteiger partial charge on any atom is 0.251 e. The molecule has 2 aromatic carbocycles. The number of benzene rings is 2. The molecular formula is C22H26N4O. The lowest BCUT2D eigenvalue weighted by Gasteiger charge is -2.16. The highest BCUT2D eigenvalue weighted by atomic mass is 16.1. The standard InChI is InChI=1S/C22H26N4O/c1-15-6-10-20(11-7-15)26-17(3)21(14-23-26)16(2)24-22(27)18-8-12-19(13-9-18)25(4)5/h6-14,16H,1-5H3,(H,24,27). The first-order valence-electron chi connectivity index (χ1n) is 9.06. The quantitative estimate of drug-likeness (QED) is 0.745. The topological polar surface area (TPSA) is 50.2 Å². The highest BCUT2D eigenvalue weighted by Gasteiger charge is 2.17. The van der Waals surface area contributed by atoms with E-state index in [4.69, 9.17) is 0 Å². The Bertz CT molecular complexity index is 924. The zero-order valence-corrected chi connectivity index (χ0v) is 16.5. The van der Waals surface area contributed by atoms with Crippen LogP contribution in [0.25, 0.3) is 5.69 Å². The highest BCUT2D eigenvalue weighted by molar-refractivity contribution is 5.94. The van der Waals surface area contributed by atoms with Gasteiger partial charge in [0.2, 0.25) is 0 Å². The molecule has 0 aliphatic rings. The number of hydrogen-bond acceptors (Lipinski definition) is 3. The van der Waals surface area contributed by atoms with E-state index < -0.39 is 0 Å². The van der Waals surface area contributed by atoms with Gasteiger partial charge in [-0.05, 0) is 57.2 Å². The molecule has 0 aliphatic carbocycles. The SMILES string of the molecule is Cc1ccc(-n2ncc(C(C)NC(=O)c3ccc(N(C)C)cc3)c2C)cc1. The Kier molecular flexibility index (Phi) is 5.31. The largest absolute Gasteiger partial charge is 0.378 e. The van der Waals surface area contributed by atoms with Gasteiger partial charge in [-0.15, -0.1) is 0 Å². The van der Waals surface area contributed by atoms with Crippen molar-refractivity contribution >= 4 is 11.6 Å². The third kappa shape index (κ3) is 4.03. The van der Waals surface area contributed by atoms with E-state index in [1.807, 2.05) is 68.0 Å². The van der Waals surface area contributed by atoms with Crippen molar-refractivity contribution in [1.82, 2.24) is 15.1 Å². The number of aryl methyl sites for hydroxylation is 1. The molecule has 1 aromatic heterocycles. The van der Waals surface area contributed by atoms with Gasteiger partial charge in [0.1, 0.15) is 0 Å². The molecule has 0 radical (unpaired) electrons. The van der Waals surface area contributed by atoms with E-state index >= 15 is 0 Å². The van der Waals surface area contributed by atoms with Crippen LogP contribution in [0, 0.1) is 13.8 Å². The van der Waals surface area contributed by atoms with Crippen LogP contribution in [-0.2, 0) is 0 Å². The molecule has 0 saturated carbocycles. The minimum atomic E-state index is -0.134. The summed E-state index contributed by atoms with van der Waals surface area (Å²) in [5.74, 6) is -0.0877. The number of nitrogens with one attached hydrogen (secondary N) is 1. The monoisotopic (exact) mass is 362 g/mol. The number of carbonyl (C=O) groups excluding carboxylic acids is 1. The molecule has 1 amide bonds. The maximum absolute atomic E-state index is 12.6. The fourth-order valence-electron chi connectivity index (χ4n) is 3.06. The number of carbonyl (C=O) groups is 1. The average Bonchev–Trinajstić information content (AvgIpc) is 3.04. The number of nitrogens with zero attached hydrogens (tertiary/aromatic N) is 3. The Labute approximate surface area is 160 Å². The van der Waals surface area contributed by atoms with Crippen molar-refractivity contribution in [2.24, 2.45) is 0 Å². The molecule has 1 atom stereocenters. The van der Waals surface area contributed by atoms with Gasteiger partial charge in [-0.25, -0.2) is 4.68 Å². The lowest BCUT2D eigenvalue weighted by Crippen LogP contribution is -2.27. The van der Waals surface area contributed by atoms with E-state index in [0.29, 0.717) is 5.56 Å². The third-order valence-electron chi connectivity index (χ3n) is 4.79. The summed E-state index contributed by atoms with van der Waals surface area (Å²) in [4.78, 5) is 14.6. The van der Waals surface area contributed by atoms with Crippen molar-refractivity contribution in [2.45, 2.75) is 26.8 Å². The molecule has 1 N–H and O–H groups in total. The van der Waals surface area contributed by atoms with Gasteiger partial charge in [0.05, 0.1) is 17.9 Å². The first kappa shape index (κ1) is 18.7. The lowest BCUT2D eigenvalue weighted by molar-refractivity contribution is 0.0940. The van der Waals surface area contributed by atoms with E-state index in [1.165, 1.54) is 5.56 Å². The second-order valence-electron chi connectivity index (χ2n) is 7.07. The van der Waals surface area contributed by atoms with Gasteiger partial charge >= 0.3 is 0 Å². The molecule has 3 rings (SSSR count). The molecule has 27 heavy (non-hydrogen) atoms. The summed E-state index contributed by atoms with van der Waals surface area (Å²) in [6.07, 6.45) is 1.83. The maximum atomic E-state index is 12.6. The molecule has 0 bridgehead atoms. The van der Waals surface area contributed by atoms with Crippen molar-refractivity contribution in [1.29, 1.82) is 0 Å². The molecule has 1 heterocycles. The van der Waals surface area contributed by atoms with E-state index in [-0.39, 0.29) is 11.9 Å². The summed E-state index contributed by atoms with van der Waals surface area (Å²) in [5.41, 5.74) is 5.97. The second kappa shape index (κ2) is 7.66. The summed E-state index contributed by atoms with van der Waals surface area (Å²) in [6, 6.07) is 15.7. The minimum Gasteiger partial charge on any atom is -0.378 e. The van der Waals surface area contributed by atoms with Gasteiger partial charge in [0.15, 0.2) is 0 Å². The molecule has 5 heteroatoms. The van der Waals surface area contributed by atoms with Crippen molar-refractivity contribution in [3.05, 3.63) is 77.1 Å². The van der Waals surface area contributed by atoms with E-state index in [2.05, 4.69) is 41.6 Å². The van der Waals surface area contributed by atoms with Crippen LogP contribution in [-0.4, -0.2) is 29.8 Å². The molecule has 0 saturated heterocycles. The molecule has 0 fully saturated rings. The normalized spacial score (nSPS) is 11.9. The first-order chi connectivity index (χ1) is 12.9. The fraction of sp³-hybridized carbons (Fsp3) is 0.273. The van der Waals surface area contributed by atoms with Crippen LogP contribution < -0.4 is 10.2 Å². The Morgan fingerprint density at radius 1 is 1.04 bits per heavy atom. The van der Waals surface area contributed by atoms with Crippen LogP contribution in [0.2, 0.25) is 0 Å². The molecule has 0 spiro atoms. The van der Waals surface area contributed by atoms with E-state index in [9.17, 15) is 4.79 Å². The summed E-state index contributed by atoms with van der Waals surface area (Å²) < 4.78 is 1.91. The smallest absolute Gasteiger partial charge is 0.251 e. The Balaban J connectivity index is 1.75. The molecule has 3 aromatic rings. The third-order valence-corrected chi connectivity index (χ3v) is 4.79. The number of aromatic nitrogens is 2. The summed E-state index contributed by atoms with van der Waals surface area (Å²) in [7, 11) is 3.96. The fourth-order valence-corrected chi connectivity index (χ4v) is 3.06. The summed E-state index contributed by atoms with van der Waals surface area (Å²) >= 11 is 0. The summed E-state index contributed by atoms with van der Waals surface area (Å²) in [6.45, 7) is 6.07. The second-order valence-corrected chi connectivity index (χ2v) is 7.07. The van der Waals surface area contributed by atoms with Gasteiger partial charge in [0.25, 0.3) is 5.91 Å². The van der Waals surface area contributed by atoms with Crippen molar-refractivity contribution in [2.75, 3.05) is 19.0 Å². The predicted octanol–water partition coefficient (Wildman–Crippen LogP) is 4.05. The molecular weight excluding hydrogens is 336 g/mol. The van der Waals surface area contributed by atoms with Gasteiger partial charge in [-0.1, -0.05) is 17.7 Å². The average molecular weight is 362 g/mol. The molecule has 140 valence electrons. The Morgan fingerprint density at radius 2 is 1.67 bits per heavy atom. The molecule has 5 nitrogen and oxygen atoms in total. The summed E-state index contributed by atoms with van der Waals surface area (Å²) in [5, 5.41) is 7.58. The van der Waals surface area contributed by atoms with Crippen molar-refractivity contribution < 1.29 is 4.79 Å². The van der Waals surface area contributed by atoms with Gasteiger partial charge < -0.3 is 10.2 Å². The van der Waals surface area contributed by atoms with Crippen LogP contribution in [0.1, 0.15) is 40.1 Å². The number of hydrogen-bond donors (Lipinski definition) is 1. The van der Waals surface area contributed by atoms with Crippen LogP contribution >= 0.6 is 0 Å². The Hall–Kier alpha value is -3.08. The van der Waals surface area contributed by atoms with Crippen LogP contribution in [0.4, 0.5) is 5.69 Å². The zero-order valence-electron chi connectivity index (χ0n) is 16.5. The molecule has 1 unspecified atom stereocenters. The number of rotatable bonds is 5.